The molecule has 142 valence electrons. The summed E-state index contributed by atoms with van der Waals surface area (Å²) in [6.45, 7) is 0.769. The van der Waals surface area contributed by atoms with Gasteiger partial charge >= 0.3 is 0 Å². The SMILES string of the molecule is COCCn1c(SCc2cc(F)ccc2OC)nc2ccc(Br)cc2c1=O. The summed E-state index contributed by atoms with van der Waals surface area (Å²) < 4.78 is 26.4. The van der Waals surface area contributed by atoms with Crippen LogP contribution in [0.1, 0.15) is 5.56 Å². The lowest BCUT2D eigenvalue weighted by Crippen LogP contribution is -2.25. The highest BCUT2D eigenvalue weighted by molar-refractivity contribution is 9.10. The Balaban J connectivity index is 2.01. The number of methoxy groups -OCH3 is 2. The number of fused-ring (bicyclic) bond motifs is 1. The molecule has 1 heterocycles. The average Bonchev–Trinajstić information content (AvgIpc) is 2.66. The number of aromatic nitrogens is 2. The number of rotatable bonds is 7. The minimum absolute atomic E-state index is 0.132. The van der Waals surface area contributed by atoms with E-state index in [1.54, 1.807) is 37.0 Å². The molecule has 0 unspecified atom stereocenters. The molecule has 3 rings (SSSR count). The Morgan fingerprint density at radius 1 is 1.22 bits per heavy atom. The maximum absolute atomic E-state index is 13.6. The second-order valence-corrected chi connectivity index (χ2v) is 7.61. The number of thioether (sulfide) groups is 1. The van der Waals surface area contributed by atoms with Gasteiger partial charge in [0.2, 0.25) is 0 Å². The Morgan fingerprint density at radius 3 is 2.78 bits per heavy atom. The Kier molecular flexibility index (Phi) is 6.51. The van der Waals surface area contributed by atoms with E-state index in [0.717, 1.165) is 4.47 Å². The normalized spacial score (nSPS) is 11.1. The molecule has 0 saturated carbocycles. The van der Waals surface area contributed by atoms with Crippen LogP contribution in [0, 0.1) is 5.82 Å². The van der Waals surface area contributed by atoms with Crippen LogP contribution in [0.5, 0.6) is 5.75 Å². The molecule has 0 aliphatic rings. The van der Waals surface area contributed by atoms with Crippen LogP contribution in [0.15, 0.2) is 50.8 Å². The second kappa shape index (κ2) is 8.86. The molecular formula is C19H18BrFN2O3S. The molecule has 27 heavy (non-hydrogen) atoms. The summed E-state index contributed by atoms with van der Waals surface area (Å²) in [6.07, 6.45) is 0. The van der Waals surface area contributed by atoms with Crippen LogP contribution in [-0.4, -0.2) is 30.4 Å². The molecule has 0 spiro atoms. The van der Waals surface area contributed by atoms with E-state index < -0.39 is 0 Å². The molecule has 0 saturated heterocycles. The zero-order valence-corrected chi connectivity index (χ0v) is 17.3. The van der Waals surface area contributed by atoms with E-state index in [1.807, 2.05) is 6.07 Å². The van der Waals surface area contributed by atoms with Crippen molar-refractivity contribution in [3.8, 4) is 5.75 Å². The molecule has 1 aromatic heterocycles. The average molecular weight is 453 g/mol. The molecule has 0 aliphatic carbocycles. The van der Waals surface area contributed by atoms with E-state index in [4.69, 9.17) is 9.47 Å². The summed E-state index contributed by atoms with van der Waals surface area (Å²) in [7, 11) is 3.13. The van der Waals surface area contributed by atoms with Gasteiger partial charge < -0.3 is 9.47 Å². The van der Waals surface area contributed by atoms with Crippen LogP contribution in [0.25, 0.3) is 10.9 Å². The van der Waals surface area contributed by atoms with Crippen molar-refractivity contribution < 1.29 is 13.9 Å². The van der Waals surface area contributed by atoms with Crippen molar-refractivity contribution in [2.24, 2.45) is 0 Å². The van der Waals surface area contributed by atoms with Gasteiger partial charge in [-0.25, -0.2) is 9.37 Å². The minimum Gasteiger partial charge on any atom is -0.496 e. The van der Waals surface area contributed by atoms with Crippen LogP contribution < -0.4 is 10.3 Å². The summed E-state index contributed by atoms with van der Waals surface area (Å²) >= 11 is 4.75. The highest BCUT2D eigenvalue weighted by atomic mass is 79.9. The molecule has 2 aromatic carbocycles. The van der Waals surface area contributed by atoms with Gasteiger partial charge in [0.15, 0.2) is 5.16 Å². The number of nitrogens with zero attached hydrogens (tertiary/aromatic N) is 2. The maximum atomic E-state index is 13.6. The first-order valence-corrected chi connectivity index (χ1v) is 9.95. The van der Waals surface area contributed by atoms with E-state index in [0.29, 0.717) is 46.3 Å². The van der Waals surface area contributed by atoms with Gasteiger partial charge in [-0.2, -0.15) is 0 Å². The largest absolute Gasteiger partial charge is 0.496 e. The van der Waals surface area contributed by atoms with Crippen LogP contribution in [-0.2, 0) is 17.0 Å². The van der Waals surface area contributed by atoms with Crippen LogP contribution in [0.2, 0.25) is 0 Å². The van der Waals surface area contributed by atoms with Crippen molar-refractivity contribution in [1.82, 2.24) is 9.55 Å². The van der Waals surface area contributed by atoms with Crippen molar-refractivity contribution in [2.75, 3.05) is 20.8 Å². The number of benzene rings is 2. The molecule has 0 bridgehead atoms. The molecule has 8 heteroatoms. The van der Waals surface area contributed by atoms with Crippen LogP contribution in [0.4, 0.5) is 4.39 Å². The van der Waals surface area contributed by atoms with Gasteiger partial charge in [-0.15, -0.1) is 0 Å². The first-order chi connectivity index (χ1) is 13.0. The predicted molar refractivity (Wildman–Crippen MR) is 108 cm³/mol. The summed E-state index contributed by atoms with van der Waals surface area (Å²) in [5.41, 5.74) is 1.18. The minimum atomic E-state index is -0.334. The molecule has 3 aromatic rings. The van der Waals surface area contributed by atoms with Crippen molar-refractivity contribution in [1.29, 1.82) is 0 Å². The molecule has 5 nitrogen and oxygen atoms in total. The maximum Gasteiger partial charge on any atom is 0.262 e. The van der Waals surface area contributed by atoms with Crippen LogP contribution in [0.3, 0.4) is 0 Å². The molecule has 0 fully saturated rings. The van der Waals surface area contributed by atoms with E-state index in [1.165, 1.54) is 23.9 Å². The van der Waals surface area contributed by atoms with Crippen molar-refractivity contribution in [3.05, 3.63) is 62.6 Å². The standard InChI is InChI=1S/C19H18BrFN2O3S/c1-25-8-7-23-18(24)15-10-13(20)3-5-16(15)22-19(23)27-11-12-9-14(21)4-6-17(12)26-2/h3-6,9-10H,7-8,11H2,1-2H3. The molecule has 0 atom stereocenters. The quantitative estimate of drug-likeness (QED) is 0.396. The third-order valence-electron chi connectivity index (χ3n) is 4.00. The zero-order chi connectivity index (χ0) is 19.4. The predicted octanol–water partition coefficient (Wildman–Crippen LogP) is 4.25. The molecule has 0 N–H and O–H groups in total. The van der Waals surface area contributed by atoms with Gasteiger partial charge in [0.25, 0.3) is 5.56 Å². The Morgan fingerprint density at radius 2 is 2.04 bits per heavy atom. The number of ether oxygens (including phenoxy) is 2. The Hall–Kier alpha value is -1.90. The lowest BCUT2D eigenvalue weighted by molar-refractivity contribution is 0.183. The van der Waals surface area contributed by atoms with E-state index >= 15 is 0 Å². The fraction of sp³-hybridized carbons (Fsp3) is 0.263. The molecule has 0 radical (unpaired) electrons. The summed E-state index contributed by atoms with van der Waals surface area (Å²) in [5, 5.41) is 1.09. The van der Waals surface area contributed by atoms with Crippen molar-refractivity contribution >= 4 is 38.6 Å². The highest BCUT2D eigenvalue weighted by Crippen LogP contribution is 2.28. The number of halogens is 2. The zero-order valence-electron chi connectivity index (χ0n) is 14.9. The van der Waals surface area contributed by atoms with E-state index in [9.17, 15) is 9.18 Å². The van der Waals surface area contributed by atoms with Crippen LogP contribution >= 0.6 is 27.7 Å². The molecule has 0 amide bonds. The first-order valence-electron chi connectivity index (χ1n) is 8.17. The monoisotopic (exact) mass is 452 g/mol. The summed E-state index contributed by atoms with van der Waals surface area (Å²) in [6, 6.07) is 9.79. The summed E-state index contributed by atoms with van der Waals surface area (Å²) in [5.74, 6) is 0.682. The highest BCUT2D eigenvalue weighted by Gasteiger charge is 2.14. The summed E-state index contributed by atoms with van der Waals surface area (Å²) in [4.78, 5) is 17.6. The second-order valence-electron chi connectivity index (χ2n) is 5.75. The fourth-order valence-electron chi connectivity index (χ4n) is 2.66. The van der Waals surface area contributed by atoms with E-state index in [-0.39, 0.29) is 11.4 Å². The third kappa shape index (κ3) is 4.51. The number of hydrogen-bond donors (Lipinski definition) is 0. The van der Waals surface area contributed by atoms with Gasteiger partial charge in [-0.3, -0.25) is 9.36 Å². The Bertz CT molecular complexity index is 1030. The van der Waals surface area contributed by atoms with Gasteiger partial charge in [0.05, 0.1) is 31.2 Å². The van der Waals surface area contributed by atoms with Crippen molar-refractivity contribution in [2.45, 2.75) is 17.5 Å². The molecular weight excluding hydrogens is 435 g/mol. The first kappa shape index (κ1) is 19.9. The topological polar surface area (TPSA) is 53.4 Å². The van der Waals surface area contributed by atoms with Gasteiger partial charge in [-0.05, 0) is 36.4 Å². The third-order valence-corrected chi connectivity index (χ3v) is 5.52. The lowest BCUT2D eigenvalue weighted by atomic mass is 10.2. The van der Waals surface area contributed by atoms with E-state index in [2.05, 4.69) is 20.9 Å². The van der Waals surface area contributed by atoms with Crippen molar-refractivity contribution in [3.63, 3.8) is 0 Å². The smallest absolute Gasteiger partial charge is 0.262 e. The number of hydrogen-bond acceptors (Lipinski definition) is 5. The van der Waals surface area contributed by atoms with Gasteiger partial charge in [-0.1, -0.05) is 27.7 Å². The Labute approximate surface area is 168 Å². The van der Waals surface area contributed by atoms with Gasteiger partial charge in [0, 0.05) is 22.9 Å². The molecule has 0 aliphatic heterocycles. The van der Waals surface area contributed by atoms with Gasteiger partial charge in [0.1, 0.15) is 11.6 Å². The lowest BCUT2D eigenvalue weighted by Gasteiger charge is -2.14. The fourth-order valence-corrected chi connectivity index (χ4v) is 4.03.